The molecule has 0 bridgehead atoms. The zero-order chi connectivity index (χ0) is 22.7. The third-order valence-electron chi connectivity index (χ3n) is 6.67. The van der Waals surface area contributed by atoms with E-state index in [1.807, 2.05) is 11.8 Å². The predicted octanol–water partition coefficient (Wildman–Crippen LogP) is 0.707. The molecule has 0 spiro atoms. The minimum absolute atomic E-state index is 0.139. The van der Waals surface area contributed by atoms with Crippen molar-refractivity contribution in [2.45, 2.75) is 31.2 Å². The molecule has 0 unspecified atom stereocenters. The summed E-state index contributed by atoms with van der Waals surface area (Å²) < 4.78 is 39.2. The van der Waals surface area contributed by atoms with Gasteiger partial charge in [-0.05, 0) is 25.6 Å². The van der Waals surface area contributed by atoms with Gasteiger partial charge in [-0.2, -0.15) is 4.31 Å². The van der Waals surface area contributed by atoms with E-state index in [0.717, 1.165) is 39.1 Å². The van der Waals surface area contributed by atoms with Gasteiger partial charge in [-0.3, -0.25) is 9.69 Å². The van der Waals surface area contributed by atoms with Gasteiger partial charge in [0, 0.05) is 64.8 Å². The highest BCUT2D eigenvalue weighted by molar-refractivity contribution is 7.89. The SMILES string of the molecule is CCN1CCN(C(=O)[C@H](C)N2CCN(S(=O)(=O)c3ccc4c(c3)OCCCO4)CC2)CC1. The van der Waals surface area contributed by atoms with Crippen LogP contribution in [0.4, 0.5) is 0 Å². The summed E-state index contributed by atoms with van der Waals surface area (Å²) in [6, 6.07) is 4.57. The van der Waals surface area contributed by atoms with Gasteiger partial charge >= 0.3 is 0 Å². The Bertz CT molecular complexity index is 909. The molecule has 1 aromatic carbocycles. The zero-order valence-corrected chi connectivity index (χ0v) is 19.8. The monoisotopic (exact) mass is 466 g/mol. The van der Waals surface area contributed by atoms with Crippen LogP contribution in [0, 0.1) is 0 Å². The van der Waals surface area contributed by atoms with Crippen molar-refractivity contribution in [3.63, 3.8) is 0 Å². The van der Waals surface area contributed by atoms with Crippen LogP contribution in [0.15, 0.2) is 23.1 Å². The van der Waals surface area contributed by atoms with Crippen molar-refractivity contribution < 1.29 is 22.7 Å². The molecule has 9 nitrogen and oxygen atoms in total. The number of carbonyl (C=O) groups excluding carboxylic acids is 1. The highest BCUT2D eigenvalue weighted by Crippen LogP contribution is 2.33. The maximum absolute atomic E-state index is 13.2. The summed E-state index contributed by atoms with van der Waals surface area (Å²) in [6.07, 6.45) is 0.768. The number of benzene rings is 1. The first kappa shape index (κ1) is 23.3. The second-order valence-electron chi connectivity index (χ2n) is 8.53. The van der Waals surface area contributed by atoms with Crippen molar-refractivity contribution in [2.75, 3.05) is 72.1 Å². The Hall–Kier alpha value is -1.88. The van der Waals surface area contributed by atoms with E-state index in [9.17, 15) is 13.2 Å². The predicted molar refractivity (Wildman–Crippen MR) is 121 cm³/mol. The number of sulfonamides is 1. The third-order valence-corrected chi connectivity index (χ3v) is 8.56. The molecule has 1 aromatic rings. The number of likely N-dealkylation sites (N-methyl/N-ethyl adjacent to an activating group) is 1. The number of ether oxygens (including phenoxy) is 2. The molecule has 0 aliphatic carbocycles. The van der Waals surface area contributed by atoms with E-state index in [2.05, 4.69) is 16.7 Å². The van der Waals surface area contributed by atoms with Gasteiger partial charge in [0.25, 0.3) is 0 Å². The second kappa shape index (κ2) is 9.94. The highest BCUT2D eigenvalue weighted by atomic mass is 32.2. The first-order chi connectivity index (χ1) is 15.4. The number of nitrogens with zero attached hydrogens (tertiary/aromatic N) is 4. The van der Waals surface area contributed by atoms with Crippen molar-refractivity contribution >= 4 is 15.9 Å². The van der Waals surface area contributed by atoms with E-state index in [-0.39, 0.29) is 16.8 Å². The van der Waals surface area contributed by atoms with Gasteiger partial charge in [0.2, 0.25) is 15.9 Å². The van der Waals surface area contributed by atoms with Gasteiger partial charge in [0.05, 0.1) is 24.2 Å². The maximum Gasteiger partial charge on any atom is 0.243 e. The van der Waals surface area contributed by atoms with Crippen molar-refractivity contribution in [3.05, 3.63) is 18.2 Å². The molecule has 2 fully saturated rings. The summed E-state index contributed by atoms with van der Waals surface area (Å²) in [5.41, 5.74) is 0. The van der Waals surface area contributed by atoms with Gasteiger partial charge in [-0.15, -0.1) is 0 Å². The van der Waals surface area contributed by atoms with Gasteiger partial charge in [-0.1, -0.05) is 6.92 Å². The summed E-state index contributed by atoms with van der Waals surface area (Å²) in [7, 11) is -3.64. The topological polar surface area (TPSA) is 82.6 Å². The average molecular weight is 467 g/mol. The van der Waals surface area contributed by atoms with E-state index in [0.29, 0.717) is 50.9 Å². The Labute approximate surface area is 190 Å². The lowest BCUT2D eigenvalue weighted by Crippen LogP contribution is -2.57. The molecular weight excluding hydrogens is 432 g/mol. The minimum atomic E-state index is -3.64. The number of fused-ring (bicyclic) bond motifs is 1. The van der Waals surface area contributed by atoms with Crippen molar-refractivity contribution in [1.29, 1.82) is 0 Å². The lowest BCUT2D eigenvalue weighted by Gasteiger charge is -2.40. The van der Waals surface area contributed by atoms with Crippen molar-refractivity contribution in [2.24, 2.45) is 0 Å². The number of amides is 1. The summed E-state index contributed by atoms with van der Waals surface area (Å²) >= 11 is 0. The van der Waals surface area contributed by atoms with E-state index < -0.39 is 10.0 Å². The number of hydrogen-bond acceptors (Lipinski definition) is 7. The van der Waals surface area contributed by atoms with Crippen LogP contribution >= 0.6 is 0 Å². The molecule has 10 heteroatoms. The Balaban J connectivity index is 1.35. The fraction of sp³-hybridized carbons (Fsp3) is 0.682. The zero-order valence-electron chi connectivity index (χ0n) is 19.0. The molecular formula is C22H34N4O5S. The van der Waals surface area contributed by atoms with E-state index in [1.165, 1.54) is 4.31 Å². The molecule has 3 heterocycles. The van der Waals surface area contributed by atoms with E-state index in [1.54, 1.807) is 18.2 Å². The number of piperazine rings is 2. The molecule has 4 rings (SSSR count). The van der Waals surface area contributed by atoms with Crippen LogP contribution in [0.2, 0.25) is 0 Å². The summed E-state index contributed by atoms with van der Waals surface area (Å²) in [5, 5.41) is 0. The fourth-order valence-corrected chi connectivity index (χ4v) is 5.93. The van der Waals surface area contributed by atoms with E-state index >= 15 is 0 Å². The first-order valence-electron chi connectivity index (χ1n) is 11.5. The van der Waals surface area contributed by atoms with Crippen LogP contribution in [-0.2, 0) is 14.8 Å². The maximum atomic E-state index is 13.2. The molecule has 1 amide bonds. The lowest BCUT2D eigenvalue weighted by molar-refractivity contribution is -0.138. The largest absolute Gasteiger partial charge is 0.490 e. The quantitative estimate of drug-likeness (QED) is 0.632. The molecule has 0 saturated carbocycles. The molecule has 2 saturated heterocycles. The minimum Gasteiger partial charge on any atom is -0.490 e. The van der Waals surface area contributed by atoms with Crippen LogP contribution in [0.3, 0.4) is 0 Å². The third kappa shape index (κ3) is 4.88. The summed E-state index contributed by atoms with van der Waals surface area (Å²) in [4.78, 5) is 19.6. The molecule has 1 atom stereocenters. The second-order valence-corrected chi connectivity index (χ2v) is 10.5. The van der Waals surface area contributed by atoms with Crippen molar-refractivity contribution in [1.82, 2.24) is 19.0 Å². The van der Waals surface area contributed by atoms with Crippen LogP contribution in [0.25, 0.3) is 0 Å². The molecule has 0 N–H and O–H groups in total. The van der Waals surface area contributed by atoms with E-state index in [4.69, 9.17) is 9.47 Å². The van der Waals surface area contributed by atoms with Gasteiger partial charge in [-0.25, -0.2) is 8.42 Å². The Morgan fingerprint density at radius 3 is 2.28 bits per heavy atom. The van der Waals surface area contributed by atoms with Crippen LogP contribution < -0.4 is 9.47 Å². The molecule has 0 radical (unpaired) electrons. The molecule has 0 aromatic heterocycles. The van der Waals surface area contributed by atoms with Crippen LogP contribution in [-0.4, -0.2) is 111 Å². The molecule has 178 valence electrons. The highest BCUT2D eigenvalue weighted by Gasteiger charge is 2.34. The lowest BCUT2D eigenvalue weighted by atomic mass is 10.2. The Morgan fingerprint density at radius 2 is 1.62 bits per heavy atom. The average Bonchev–Trinajstić information content (AvgIpc) is 3.08. The standard InChI is InChI=1S/C22H34N4O5S/c1-3-23-7-9-25(10-8-23)22(27)18(2)24-11-13-26(14-12-24)32(28,29)19-5-6-20-21(17-19)31-16-4-15-30-20/h5-6,17-18H,3-4,7-16H2,1-2H3/t18-/m0/s1. The summed E-state index contributed by atoms with van der Waals surface area (Å²) in [6.45, 7) is 11.3. The molecule has 3 aliphatic rings. The number of carbonyl (C=O) groups is 1. The van der Waals surface area contributed by atoms with Gasteiger partial charge < -0.3 is 19.3 Å². The van der Waals surface area contributed by atoms with Gasteiger partial charge in [0.15, 0.2) is 11.5 Å². The van der Waals surface area contributed by atoms with Crippen LogP contribution in [0.1, 0.15) is 20.3 Å². The first-order valence-corrected chi connectivity index (χ1v) is 13.0. The normalized spacial score (nSPS) is 22.4. The number of rotatable bonds is 5. The molecule has 32 heavy (non-hydrogen) atoms. The molecule has 3 aliphatic heterocycles. The Morgan fingerprint density at radius 1 is 0.969 bits per heavy atom. The summed E-state index contributed by atoms with van der Waals surface area (Å²) in [5.74, 6) is 1.20. The van der Waals surface area contributed by atoms with Crippen LogP contribution in [0.5, 0.6) is 11.5 Å². The van der Waals surface area contributed by atoms with Gasteiger partial charge in [0.1, 0.15) is 0 Å². The fourth-order valence-electron chi connectivity index (χ4n) is 4.49. The van der Waals surface area contributed by atoms with Crippen molar-refractivity contribution in [3.8, 4) is 11.5 Å². The number of hydrogen-bond donors (Lipinski definition) is 0. The smallest absolute Gasteiger partial charge is 0.243 e. The Kier molecular flexibility index (Phi) is 7.24.